The number of aryl methyl sites for hydroxylation is 1. The van der Waals surface area contributed by atoms with E-state index in [-0.39, 0.29) is 11.4 Å². The number of rotatable bonds is 7. The number of ether oxygens (including phenoxy) is 2. The van der Waals surface area contributed by atoms with Crippen molar-refractivity contribution in [2.45, 2.75) is 31.2 Å². The summed E-state index contributed by atoms with van der Waals surface area (Å²) in [6, 6.07) is 15.9. The van der Waals surface area contributed by atoms with Gasteiger partial charge in [0.25, 0.3) is 0 Å². The fraction of sp³-hybridized carbons (Fsp3) is 0.350. The molecule has 1 amide bonds. The highest BCUT2D eigenvalue weighted by Crippen LogP contribution is 2.47. The summed E-state index contributed by atoms with van der Waals surface area (Å²) in [6.07, 6.45) is 3.17. The Labute approximate surface area is 142 Å². The lowest BCUT2D eigenvalue weighted by molar-refractivity contribution is -0.122. The predicted octanol–water partition coefficient (Wildman–Crippen LogP) is 3.44. The molecule has 0 aromatic heterocycles. The van der Waals surface area contributed by atoms with Crippen molar-refractivity contribution < 1.29 is 14.3 Å². The Hall–Kier alpha value is -2.49. The van der Waals surface area contributed by atoms with Crippen LogP contribution in [0.1, 0.15) is 30.4 Å². The molecule has 0 radical (unpaired) electrons. The zero-order valence-corrected chi connectivity index (χ0v) is 14.2. The molecule has 24 heavy (non-hydrogen) atoms. The highest BCUT2D eigenvalue weighted by atomic mass is 16.5. The molecule has 1 saturated carbocycles. The first-order valence-electron chi connectivity index (χ1n) is 8.24. The third-order valence-electron chi connectivity index (χ3n) is 4.55. The van der Waals surface area contributed by atoms with Crippen LogP contribution in [0.3, 0.4) is 0 Å². The predicted molar refractivity (Wildman–Crippen MR) is 93.4 cm³/mol. The number of benzene rings is 2. The van der Waals surface area contributed by atoms with E-state index in [2.05, 4.69) is 17.4 Å². The summed E-state index contributed by atoms with van der Waals surface area (Å²) >= 11 is 0. The molecule has 0 heterocycles. The molecule has 4 heteroatoms. The highest BCUT2D eigenvalue weighted by molar-refractivity contribution is 5.78. The second-order valence-electron chi connectivity index (χ2n) is 6.19. The van der Waals surface area contributed by atoms with Crippen LogP contribution in [0.2, 0.25) is 0 Å². The van der Waals surface area contributed by atoms with E-state index in [1.54, 1.807) is 14.2 Å². The first-order chi connectivity index (χ1) is 11.7. The van der Waals surface area contributed by atoms with Crippen LogP contribution in [0.25, 0.3) is 0 Å². The molecule has 1 fully saturated rings. The molecule has 3 rings (SSSR count). The van der Waals surface area contributed by atoms with Crippen molar-refractivity contribution in [3.05, 3.63) is 59.7 Å². The monoisotopic (exact) mass is 325 g/mol. The van der Waals surface area contributed by atoms with Crippen LogP contribution in [-0.4, -0.2) is 20.1 Å². The van der Waals surface area contributed by atoms with Crippen molar-refractivity contribution >= 4 is 5.91 Å². The maximum absolute atomic E-state index is 12.4. The van der Waals surface area contributed by atoms with Gasteiger partial charge in [-0.05, 0) is 42.5 Å². The van der Waals surface area contributed by atoms with Crippen LogP contribution >= 0.6 is 0 Å². The van der Waals surface area contributed by atoms with Gasteiger partial charge in [0.05, 0.1) is 19.8 Å². The number of hydrogen-bond acceptors (Lipinski definition) is 3. The van der Waals surface area contributed by atoms with Gasteiger partial charge in [-0.15, -0.1) is 0 Å². The van der Waals surface area contributed by atoms with Gasteiger partial charge in [-0.3, -0.25) is 4.79 Å². The van der Waals surface area contributed by atoms with Gasteiger partial charge in [-0.2, -0.15) is 0 Å². The molecule has 0 bridgehead atoms. The molecule has 1 N–H and O–H groups in total. The lowest BCUT2D eigenvalue weighted by atomic mass is 10.0. The molecule has 0 unspecified atom stereocenters. The molecule has 0 spiro atoms. The average Bonchev–Trinajstić information content (AvgIpc) is 3.41. The molecule has 0 atom stereocenters. The smallest absolute Gasteiger partial charge is 0.221 e. The van der Waals surface area contributed by atoms with Crippen molar-refractivity contribution in [1.29, 1.82) is 0 Å². The zero-order valence-electron chi connectivity index (χ0n) is 14.2. The fourth-order valence-corrected chi connectivity index (χ4v) is 2.98. The minimum atomic E-state index is -0.243. The van der Waals surface area contributed by atoms with E-state index in [1.807, 2.05) is 36.4 Å². The van der Waals surface area contributed by atoms with Gasteiger partial charge < -0.3 is 14.8 Å². The van der Waals surface area contributed by atoms with Gasteiger partial charge in [-0.1, -0.05) is 36.4 Å². The Balaban J connectivity index is 1.65. The van der Waals surface area contributed by atoms with Crippen molar-refractivity contribution in [3.8, 4) is 11.5 Å². The molecule has 1 aliphatic carbocycles. The minimum Gasteiger partial charge on any atom is -0.493 e. The van der Waals surface area contributed by atoms with Crippen LogP contribution in [0.4, 0.5) is 0 Å². The van der Waals surface area contributed by atoms with Crippen molar-refractivity contribution in [2.75, 3.05) is 14.2 Å². The number of carbonyl (C=O) groups is 1. The number of hydrogen-bond donors (Lipinski definition) is 1. The maximum atomic E-state index is 12.4. The van der Waals surface area contributed by atoms with E-state index < -0.39 is 0 Å². The Morgan fingerprint density at radius 3 is 2.38 bits per heavy atom. The fourth-order valence-electron chi connectivity index (χ4n) is 2.98. The number of amides is 1. The first kappa shape index (κ1) is 16.4. The normalized spacial score (nSPS) is 14.8. The summed E-state index contributed by atoms with van der Waals surface area (Å²) < 4.78 is 10.7. The first-order valence-corrected chi connectivity index (χ1v) is 8.24. The maximum Gasteiger partial charge on any atom is 0.221 e. The van der Waals surface area contributed by atoms with E-state index >= 15 is 0 Å². The van der Waals surface area contributed by atoms with E-state index in [0.29, 0.717) is 17.9 Å². The van der Waals surface area contributed by atoms with Gasteiger partial charge in [0.1, 0.15) is 0 Å². The Bertz CT molecular complexity index is 708. The van der Waals surface area contributed by atoms with Crippen LogP contribution < -0.4 is 14.8 Å². The molecule has 2 aromatic carbocycles. The standard InChI is InChI=1S/C20H23NO3/c1-23-17-10-9-16(14-18(17)24-2)20(12-13-20)21-19(22)11-8-15-6-4-3-5-7-15/h3-7,9-10,14H,8,11-13H2,1-2H3,(H,21,22). The third kappa shape index (κ3) is 3.53. The topological polar surface area (TPSA) is 47.6 Å². The Morgan fingerprint density at radius 1 is 1.04 bits per heavy atom. The second-order valence-corrected chi connectivity index (χ2v) is 6.19. The van der Waals surface area contributed by atoms with Gasteiger partial charge in [0.2, 0.25) is 5.91 Å². The van der Waals surface area contributed by atoms with Crippen LogP contribution in [0.5, 0.6) is 11.5 Å². The second kappa shape index (κ2) is 6.95. The average molecular weight is 325 g/mol. The van der Waals surface area contributed by atoms with Gasteiger partial charge in [0.15, 0.2) is 11.5 Å². The van der Waals surface area contributed by atoms with Crippen molar-refractivity contribution in [1.82, 2.24) is 5.32 Å². The van der Waals surface area contributed by atoms with Crippen LogP contribution in [0.15, 0.2) is 48.5 Å². The summed E-state index contributed by atoms with van der Waals surface area (Å²) in [7, 11) is 3.25. The van der Waals surface area contributed by atoms with Crippen molar-refractivity contribution in [2.24, 2.45) is 0 Å². The van der Waals surface area contributed by atoms with Crippen molar-refractivity contribution in [3.63, 3.8) is 0 Å². The third-order valence-corrected chi connectivity index (χ3v) is 4.55. The van der Waals surface area contributed by atoms with Gasteiger partial charge >= 0.3 is 0 Å². The largest absolute Gasteiger partial charge is 0.493 e. The molecule has 0 aliphatic heterocycles. The summed E-state index contributed by atoms with van der Waals surface area (Å²) in [5.74, 6) is 1.48. The molecule has 4 nitrogen and oxygen atoms in total. The molecule has 0 saturated heterocycles. The molecule has 126 valence electrons. The Kier molecular flexibility index (Phi) is 4.74. The summed E-state index contributed by atoms with van der Waals surface area (Å²) in [4.78, 5) is 12.4. The van der Waals surface area contributed by atoms with E-state index in [1.165, 1.54) is 5.56 Å². The summed E-state index contributed by atoms with van der Waals surface area (Å²) in [6.45, 7) is 0. The minimum absolute atomic E-state index is 0.0890. The van der Waals surface area contributed by atoms with Gasteiger partial charge in [0, 0.05) is 6.42 Å². The molecule has 1 aliphatic rings. The molecular weight excluding hydrogens is 302 g/mol. The van der Waals surface area contributed by atoms with Crippen LogP contribution in [0, 0.1) is 0 Å². The number of methoxy groups -OCH3 is 2. The van der Waals surface area contributed by atoms with E-state index in [0.717, 1.165) is 24.8 Å². The summed E-state index contributed by atoms with van der Waals surface area (Å²) in [5, 5.41) is 3.21. The van der Waals surface area contributed by atoms with E-state index in [4.69, 9.17) is 9.47 Å². The summed E-state index contributed by atoms with van der Waals surface area (Å²) in [5.41, 5.74) is 2.02. The Morgan fingerprint density at radius 2 is 1.75 bits per heavy atom. The lowest BCUT2D eigenvalue weighted by Gasteiger charge is -2.19. The van der Waals surface area contributed by atoms with Gasteiger partial charge in [-0.25, -0.2) is 0 Å². The highest BCUT2D eigenvalue weighted by Gasteiger charge is 2.45. The van der Waals surface area contributed by atoms with Crippen LogP contribution in [-0.2, 0) is 16.8 Å². The lowest BCUT2D eigenvalue weighted by Crippen LogP contribution is -2.35. The number of nitrogens with one attached hydrogen (secondary N) is 1. The molecule has 2 aromatic rings. The molecular formula is C20H23NO3. The zero-order chi connectivity index (χ0) is 17.0. The number of carbonyl (C=O) groups excluding carboxylic acids is 1. The quantitative estimate of drug-likeness (QED) is 0.848. The SMILES string of the molecule is COc1ccc(C2(NC(=O)CCc3ccccc3)CC2)cc1OC. The van der Waals surface area contributed by atoms with E-state index in [9.17, 15) is 4.79 Å².